The maximum absolute atomic E-state index is 12.3. The lowest BCUT2D eigenvalue weighted by molar-refractivity contribution is -0.125. The molecule has 3 aromatic rings. The van der Waals surface area contributed by atoms with Crippen molar-refractivity contribution in [3.63, 3.8) is 0 Å². The fourth-order valence-electron chi connectivity index (χ4n) is 3.84. The minimum atomic E-state index is 0.231. The number of carbonyl (C=O) groups is 1. The van der Waals surface area contributed by atoms with Gasteiger partial charge in [0.1, 0.15) is 5.65 Å². The molecule has 134 valence electrons. The summed E-state index contributed by atoms with van der Waals surface area (Å²) in [6.07, 6.45) is 10.4. The van der Waals surface area contributed by atoms with Crippen molar-refractivity contribution in [2.45, 2.75) is 38.5 Å². The summed E-state index contributed by atoms with van der Waals surface area (Å²) in [5.41, 5.74) is 4.43. The molecule has 0 bridgehead atoms. The summed E-state index contributed by atoms with van der Waals surface area (Å²) in [6.45, 7) is 0.702. The summed E-state index contributed by atoms with van der Waals surface area (Å²) >= 11 is 0. The van der Waals surface area contributed by atoms with E-state index in [1.165, 1.54) is 24.8 Å². The molecule has 0 spiro atoms. The Kier molecular flexibility index (Phi) is 5.00. The van der Waals surface area contributed by atoms with Crippen molar-refractivity contribution in [2.75, 3.05) is 6.54 Å². The average Bonchev–Trinajstić information content (AvgIpc) is 3.16. The summed E-state index contributed by atoms with van der Waals surface area (Å²) in [7, 11) is 0. The minimum absolute atomic E-state index is 0.231. The highest BCUT2D eigenvalue weighted by atomic mass is 16.1. The zero-order valence-electron chi connectivity index (χ0n) is 15.0. The van der Waals surface area contributed by atoms with Gasteiger partial charge in [-0.2, -0.15) is 0 Å². The minimum Gasteiger partial charge on any atom is -0.356 e. The number of fused-ring (bicyclic) bond motifs is 1. The third-order valence-electron chi connectivity index (χ3n) is 5.35. The normalized spacial score (nSPS) is 15.2. The number of hydrogen-bond acceptors (Lipinski definition) is 2. The van der Waals surface area contributed by atoms with E-state index in [-0.39, 0.29) is 11.8 Å². The van der Waals surface area contributed by atoms with Gasteiger partial charge >= 0.3 is 0 Å². The molecule has 2 heterocycles. The predicted molar refractivity (Wildman–Crippen MR) is 105 cm³/mol. The first-order chi connectivity index (χ1) is 12.8. The van der Waals surface area contributed by atoms with Crippen LogP contribution in [0.5, 0.6) is 0 Å². The number of amides is 1. The van der Waals surface area contributed by atoms with Crippen LogP contribution >= 0.6 is 0 Å². The van der Waals surface area contributed by atoms with Crippen LogP contribution in [0.25, 0.3) is 22.2 Å². The van der Waals surface area contributed by atoms with E-state index in [0.717, 1.165) is 41.4 Å². The Morgan fingerprint density at radius 1 is 1.12 bits per heavy atom. The topological polar surface area (TPSA) is 57.8 Å². The lowest BCUT2D eigenvalue weighted by Gasteiger charge is -2.20. The number of carbonyl (C=O) groups excluding carboxylic acids is 1. The summed E-state index contributed by atoms with van der Waals surface area (Å²) in [5.74, 6) is 0.470. The quantitative estimate of drug-likeness (QED) is 0.715. The number of benzene rings is 1. The molecule has 1 amide bonds. The van der Waals surface area contributed by atoms with Crippen LogP contribution in [0.1, 0.15) is 37.7 Å². The second-order valence-corrected chi connectivity index (χ2v) is 7.22. The van der Waals surface area contributed by atoms with Crippen LogP contribution in [-0.4, -0.2) is 22.4 Å². The Morgan fingerprint density at radius 2 is 2.00 bits per heavy atom. The maximum Gasteiger partial charge on any atom is 0.223 e. The lowest BCUT2D eigenvalue weighted by atomic mass is 9.88. The van der Waals surface area contributed by atoms with E-state index in [1.807, 2.05) is 18.5 Å². The molecule has 0 unspecified atom stereocenters. The van der Waals surface area contributed by atoms with Gasteiger partial charge in [-0.25, -0.2) is 4.98 Å². The molecular weight excluding hydrogens is 322 g/mol. The molecule has 4 rings (SSSR count). The van der Waals surface area contributed by atoms with Gasteiger partial charge in [-0.15, -0.1) is 0 Å². The van der Waals surface area contributed by atoms with E-state index in [4.69, 9.17) is 0 Å². The van der Waals surface area contributed by atoms with Crippen molar-refractivity contribution in [3.05, 3.63) is 54.4 Å². The van der Waals surface area contributed by atoms with Crippen molar-refractivity contribution < 1.29 is 4.79 Å². The van der Waals surface area contributed by atoms with Crippen molar-refractivity contribution in [1.29, 1.82) is 0 Å². The molecule has 1 fully saturated rings. The molecule has 26 heavy (non-hydrogen) atoms. The summed E-state index contributed by atoms with van der Waals surface area (Å²) < 4.78 is 0. The smallest absolute Gasteiger partial charge is 0.223 e. The molecule has 1 aromatic carbocycles. The van der Waals surface area contributed by atoms with Crippen LogP contribution in [-0.2, 0) is 11.2 Å². The Bertz CT molecular complexity index is 893. The third kappa shape index (κ3) is 3.79. The molecule has 2 aromatic heterocycles. The van der Waals surface area contributed by atoms with Crippen LogP contribution in [0.4, 0.5) is 0 Å². The molecule has 0 radical (unpaired) electrons. The third-order valence-corrected chi connectivity index (χ3v) is 5.35. The van der Waals surface area contributed by atoms with Gasteiger partial charge in [-0.1, -0.05) is 43.5 Å². The Balaban J connectivity index is 1.38. The summed E-state index contributed by atoms with van der Waals surface area (Å²) in [6, 6.07) is 12.7. The number of hydrogen-bond donors (Lipinski definition) is 2. The fourth-order valence-corrected chi connectivity index (χ4v) is 3.84. The number of H-pyrrole nitrogens is 1. The second kappa shape index (κ2) is 7.73. The second-order valence-electron chi connectivity index (χ2n) is 7.22. The molecule has 1 aliphatic carbocycles. The van der Waals surface area contributed by atoms with E-state index in [0.29, 0.717) is 6.54 Å². The van der Waals surface area contributed by atoms with Crippen molar-refractivity contribution >= 4 is 16.9 Å². The predicted octanol–water partition coefficient (Wildman–Crippen LogP) is 4.47. The molecule has 4 heteroatoms. The van der Waals surface area contributed by atoms with Crippen LogP contribution in [0, 0.1) is 5.92 Å². The van der Waals surface area contributed by atoms with Gasteiger partial charge in [0.2, 0.25) is 5.91 Å². The highest BCUT2D eigenvalue weighted by molar-refractivity contribution is 5.81. The van der Waals surface area contributed by atoms with E-state index in [2.05, 4.69) is 45.6 Å². The largest absolute Gasteiger partial charge is 0.356 e. The SMILES string of the molecule is O=C(NCCc1cccc(-c2cnc3[nH]ccc3c2)c1)C1CCCCC1. The monoisotopic (exact) mass is 347 g/mol. The van der Waals surface area contributed by atoms with Crippen LogP contribution < -0.4 is 5.32 Å². The molecule has 0 aliphatic heterocycles. The number of aromatic amines is 1. The van der Waals surface area contributed by atoms with Gasteiger partial charge in [0.15, 0.2) is 0 Å². The number of nitrogens with one attached hydrogen (secondary N) is 2. The molecule has 1 aliphatic rings. The van der Waals surface area contributed by atoms with Crippen molar-refractivity contribution in [3.8, 4) is 11.1 Å². The van der Waals surface area contributed by atoms with E-state index in [9.17, 15) is 4.79 Å². The van der Waals surface area contributed by atoms with E-state index in [1.54, 1.807) is 0 Å². The van der Waals surface area contributed by atoms with Gasteiger partial charge in [0, 0.05) is 35.8 Å². The first-order valence-electron chi connectivity index (χ1n) is 9.60. The van der Waals surface area contributed by atoms with E-state index < -0.39 is 0 Å². The highest BCUT2D eigenvalue weighted by Crippen LogP contribution is 2.24. The van der Waals surface area contributed by atoms with Crippen LogP contribution in [0.15, 0.2) is 48.8 Å². The Labute approximate surface area is 154 Å². The van der Waals surface area contributed by atoms with Crippen molar-refractivity contribution in [1.82, 2.24) is 15.3 Å². The molecule has 0 atom stereocenters. The van der Waals surface area contributed by atoms with E-state index >= 15 is 0 Å². The standard InChI is InChI=1S/C22H25N3O/c26-22(17-6-2-1-3-7-17)24-11-9-16-5-4-8-18(13-16)20-14-19-10-12-23-21(19)25-15-20/h4-5,8,10,12-15,17H,1-3,6-7,9,11H2,(H,23,25)(H,24,26). The molecule has 4 nitrogen and oxygen atoms in total. The Hall–Kier alpha value is -2.62. The zero-order valence-corrected chi connectivity index (χ0v) is 15.0. The van der Waals surface area contributed by atoms with Crippen LogP contribution in [0.2, 0.25) is 0 Å². The maximum atomic E-state index is 12.3. The average molecular weight is 347 g/mol. The first-order valence-corrected chi connectivity index (χ1v) is 9.60. The van der Waals surface area contributed by atoms with Gasteiger partial charge in [-0.05, 0) is 42.5 Å². The number of nitrogens with zero attached hydrogens (tertiary/aromatic N) is 1. The fraction of sp³-hybridized carbons (Fsp3) is 0.364. The van der Waals surface area contributed by atoms with Crippen molar-refractivity contribution in [2.24, 2.45) is 5.92 Å². The zero-order chi connectivity index (χ0) is 17.8. The number of pyridine rings is 1. The molecular formula is C22H25N3O. The summed E-state index contributed by atoms with van der Waals surface area (Å²) in [4.78, 5) is 19.8. The van der Waals surface area contributed by atoms with Gasteiger partial charge in [0.05, 0.1) is 0 Å². The highest BCUT2D eigenvalue weighted by Gasteiger charge is 2.20. The van der Waals surface area contributed by atoms with Gasteiger partial charge < -0.3 is 10.3 Å². The molecule has 0 saturated heterocycles. The summed E-state index contributed by atoms with van der Waals surface area (Å²) in [5, 5.41) is 4.24. The number of aromatic nitrogens is 2. The molecule has 2 N–H and O–H groups in total. The molecule has 1 saturated carbocycles. The van der Waals surface area contributed by atoms with Gasteiger partial charge in [-0.3, -0.25) is 4.79 Å². The van der Waals surface area contributed by atoms with Crippen LogP contribution in [0.3, 0.4) is 0 Å². The first kappa shape index (κ1) is 16.8. The Morgan fingerprint density at radius 3 is 2.88 bits per heavy atom. The van der Waals surface area contributed by atoms with Gasteiger partial charge in [0.25, 0.3) is 0 Å². The lowest BCUT2D eigenvalue weighted by Crippen LogP contribution is -2.33. The number of rotatable bonds is 5.